The Morgan fingerprint density at radius 1 is 1.20 bits per heavy atom. The Morgan fingerprint density at radius 2 is 1.87 bits per heavy atom. The van der Waals surface area contributed by atoms with Crippen molar-refractivity contribution < 1.29 is 27.3 Å². The normalized spacial score (nSPS) is 20.0. The zero-order valence-electron chi connectivity index (χ0n) is 16.2. The summed E-state index contributed by atoms with van der Waals surface area (Å²) in [6.45, 7) is 3.96. The molecule has 2 aromatic rings. The maximum Gasteiger partial charge on any atom is 0.306 e. The number of hydrogen-bond acceptors (Lipinski definition) is 6. The first kappa shape index (κ1) is 21.8. The average molecular weight is 437 g/mol. The maximum atomic E-state index is 13.5. The number of nitrogens with one attached hydrogen (secondary N) is 1. The maximum absolute atomic E-state index is 13.5. The van der Waals surface area contributed by atoms with Crippen LogP contribution >= 0.6 is 0 Å². The molecule has 1 fully saturated rings. The van der Waals surface area contributed by atoms with Crippen LogP contribution in [0.2, 0.25) is 0 Å². The molecule has 11 heteroatoms. The highest BCUT2D eigenvalue weighted by atomic mass is 32.2. The number of hydrogen-bond donors (Lipinski definition) is 1. The number of nitro groups is 1. The summed E-state index contributed by atoms with van der Waals surface area (Å²) in [4.78, 5) is 22.4. The SMILES string of the molecule is CC1CN(S(=O)(=O)c2cccc(C(=O)Nc3ccc(F)c([N+](=O)[O-])c3)c2)CC(C)O1. The molecule has 1 aliphatic heterocycles. The Bertz CT molecular complexity index is 1080. The van der Waals surface area contributed by atoms with Crippen LogP contribution in [0.15, 0.2) is 47.4 Å². The minimum Gasteiger partial charge on any atom is -0.373 e. The number of halogens is 1. The molecule has 0 radical (unpaired) electrons. The molecule has 0 aromatic heterocycles. The van der Waals surface area contributed by atoms with E-state index >= 15 is 0 Å². The van der Waals surface area contributed by atoms with Crippen molar-refractivity contribution in [2.24, 2.45) is 0 Å². The molecule has 0 aliphatic carbocycles. The number of anilines is 1. The van der Waals surface area contributed by atoms with Crippen LogP contribution in [-0.2, 0) is 14.8 Å². The second kappa shape index (κ2) is 8.46. The van der Waals surface area contributed by atoms with Crippen LogP contribution in [-0.4, -0.2) is 48.9 Å². The highest BCUT2D eigenvalue weighted by Gasteiger charge is 2.32. The molecule has 3 rings (SSSR count). The summed E-state index contributed by atoms with van der Waals surface area (Å²) < 4.78 is 46.3. The zero-order chi connectivity index (χ0) is 22.1. The Morgan fingerprint density at radius 3 is 2.50 bits per heavy atom. The van der Waals surface area contributed by atoms with Crippen molar-refractivity contribution in [1.82, 2.24) is 4.31 Å². The predicted molar refractivity (Wildman–Crippen MR) is 106 cm³/mol. The minimum atomic E-state index is -3.85. The van der Waals surface area contributed by atoms with Gasteiger partial charge in [0, 0.05) is 30.4 Å². The molecule has 2 unspecified atom stereocenters. The van der Waals surface area contributed by atoms with Gasteiger partial charge in [-0.05, 0) is 44.2 Å². The lowest BCUT2D eigenvalue weighted by Crippen LogP contribution is -2.48. The van der Waals surface area contributed by atoms with Gasteiger partial charge in [0.1, 0.15) is 0 Å². The van der Waals surface area contributed by atoms with E-state index in [0.29, 0.717) is 0 Å². The molecule has 1 amide bonds. The summed E-state index contributed by atoms with van der Waals surface area (Å²) in [5.41, 5.74) is -0.728. The van der Waals surface area contributed by atoms with Crippen LogP contribution < -0.4 is 5.32 Å². The molecule has 1 heterocycles. The molecule has 1 saturated heterocycles. The zero-order valence-corrected chi connectivity index (χ0v) is 17.1. The quantitative estimate of drug-likeness (QED) is 0.568. The molecule has 2 aromatic carbocycles. The summed E-state index contributed by atoms with van der Waals surface area (Å²) in [5, 5.41) is 13.3. The molecule has 30 heavy (non-hydrogen) atoms. The minimum absolute atomic E-state index is 0.0113. The number of nitro benzene ring substituents is 1. The van der Waals surface area contributed by atoms with Gasteiger partial charge >= 0.3 is 5.69 Å². The largest absolute Gasteiger partial charge is 0.373 e. The highest BCUT2D eigenvalue weighted by molar-refractivity contribution is 7.89. The summed E-state index contributed by atoms with van der Waals surface area (Å²) in [5.74, 6) is -1.71. The number of benzene rings is 2. The first-order chi connectivity index (χ1) is 14.1. The summed E-state index contributed by atoms with van der Waals surface area (Å²) >= 11 is 0. The van der Waals surface area contributed by atoms with Crippen molar-refractivity contribution in [3.05, 3.63) is 64.0 Å². The second-order valence-electron chi connectivity index (χ2n) is 6.98. The van der Waals surface area contributed by atoms with Crippen molar-refractivity contribution in [2.45, 2.75) is 31.0 Å². The molecule has 160 valence electrons. The number of rotatable bonds is 5. The first-order valence-electron chi connectivity index (χ1n) is 9.09. The van der Waals surface area contributed by atoms with Crippen LogP contribution in [0.4, 0.5) is 15.8 Å². The van der Waals surface area contributed by atoms with Crippen molar-refractivity contribution in [3.8, 4) is 0 Å². The van der Waals surface area contributed by atoms with Crippen molar-refractivity contribution in [2.75, 3.05) is 18.4 Å². The third-order valence-corrected chi connectivity index (χ3v) is 6.35. The molecular formula is C19H20FN3O6S. The van der Waals surface area contributed by atoms with E-state index in [4.69, 9.17) is 4.74 Å². The van der Waals surface area contributed by atoms with Crippen LogP contribution in [0.1, 0.15) is 24.2 Å². The third-order valence-electron chi connectivity index (χ3n) is 4.52. The number of carbonyl (C=O) groups is 1. The molecule has 1 N–H and O–H groups in total. The van der Waals surface area contributed by atoms with Crippen molar-refractivity contribution in [1.29, 1.82) is 0 Å². The van der Waals surface area contributed by atoms with Crippen molar-refractivity contribution >= 4 is 27.3 Å². The standard InChI is InChI=1S/C19H20FN3O6S/c1-12-10-22(11-13(2)29-12)30(27,28)16-5-3-4-14(8-16)19(24)21-15-6-7-17(20)18(9-15)23(25)26/h3-9,12-13H,10-11H2,1-2H3,(H,21,24). The van der Waals surface area contributed by atoms with E-state index in [0.717, 1.165) is 12.1 Å². The fourth-order valence-electron chi connectivity index (χ4n) is 3.21. The van der Waals surface area contributed by atoms with Gasteiger partial charge < -0.3 is 10.1 Å². The van der Waals surface area contributed by atoms with Crippen molar-refractivity contribution in [3.63, 3.8) is 0 Å². The average Bonchev–Trinajstić information content (AvgIpc) is 2.68. The van der Waals surface area contributed by atoms with Gasteiger partial charge in [-0.2, -0.15) is 8.70 Å². The van der Waals surface area contributed by atoms with Gasteiger partial charge in [0.2, 0.25) is 15.8 Å². The number of nitrogens with zero attached hydrogens (tertiary/aromatic N) is 2. The van der Waals surface area contributed by atoms with E-state index in [1.54, 1.807) is 13.8 Å². The van der Waals surface area contributed by atoms with E-state index in [1.165, 1.54) is 34.6 Å². The lowest BCUT2D eigenvalue weighted by atomic mass is 10.2. The molecule has 2 atom stereocenters. The van der Waals surface area contributed by atoms with Crippen LogP contribution in [0.3, 0.4) is 0 Å². The Kier molecular flexibility index (Phi) is 6.15. The Hall–Kier alpha value is -2.89. The number of amides is 1. The van der Waals surface area contributed by atoms with E-state index in [-0.39, 0.29) is 41.4 Å². The second-order valence-corrected chi connectivity index (χ2v) is 8.92. The lowest BCUT2D eigenvalue weighted by molar-refractivity contribution is -0.387. The van der Waals surface area contributed by atoms with Crippen LogP contribution in [0.25, 0.3) is 0 Å². The molecule has 0 spiro atoms. The lowest BCUT2D eigenvalue weighted by Gasteiger charge is -2.34. The molecule has 0 bridgehead atoms. The van der Waals surface area contributed by atoms with Crippen LogP contribution in [0.5, 0.6) is 0 Å². The topological polar surface area (TPSA) is 119 Å². The van der Waals surface area contributed by atoms with E-state index < -0.39 is 32.4 Å². The van der Waals surface area contributed by atoms with Gasteiger partial charge in [-0.1, -0.05) is 6.07 Å². The fraction of sp³-hybridized carbons (Fsp3) is 0.316. The smallest absolute Gasteiger partial charge is 0.306 e. The third kappa shape index (κ3) is 4.64. The fourth-order valence-corrected chi connectivity index (χ4v) is 4.84. The molecule has 9 nitrogen and oxygen atoms in total. The van der Waals surface area contributed by atoms with Crippen LogP contribution in [0, 0.1) is 15.9 Å². The monoisotopic (exact) mass is 437 g/mol. The first-order valence-corrected chi connectivity index (χ1v) is 10.5. The van der Waals surface area contributed by atoms with Gasteiger partial charge in [-0.25, -0.2) is 8.42 Å². The summed E-state index contributed by atoms with van der Waals surface area (Å²) in [6, 6.07) is 8.41. The number of ether oxygens (including phenoxy) is 1. The summed E-state index contributed by atoms with van der Waals surface area (Å²) in [6.07, 6.45) is -0.520. The highest BCUT2D eigenvalue weighted by Crippen LogP contribution is 2.24. The molecule has 1 aliphatic rings. The van der Waals surface area contributed by atoms with E-state index in [1.807, 2.05) is 0 Å². The van der Waals surface area contributed by atoms with Gasteiger partial charge in [0.15, 0.2) is 0 Å². The Balaban J connectivity index is 1.84. The Labute approximate surface area is 172 Å². The van der Waals surface area contributed by atoms with Gasteiger partial charge in [0.25, 0.3) is 5.91 Å². The molecule has 0 saturated carbocycles. The van der Waals surface area contributed by atoms with Gasteiger partial charge in [-0.3, -0.25) is 14.9 Å². The number of morpholine rings is 1. The number of carbonyl (C=O) groups excluding carboxylic acids is 1. The van der Waals surface area contributed by atoms with E-state index in [2.05, 4.69) is 5.32 Å². The summed E-state index contributed by atoms with van der Waals surface area (Å²) in [7, 11) is -3.85. The molecular weight excluding hydrogens is 417 g/mol. The van der Waals surface area contributed by atoms with Gasteiger partial charge in [-0.15, -0.1) is 0 Å². The van der Waals surface area contributed by atoms with E-state index in [9.17, 15) is 27.7 Å². The predicted octanol–water partition coefficient (Wildman–Crippen LogP) is 2.78. The number of sulfonamides is 1. The van der Waals surface area contributed by atoms with Gasteiger partial charge in [0.05, 0.1) is 22.0 Å².